The molecule has 2 atom stereocenters. The van der Waals surface area contributed by atoms with E-state index in [2.05, 4.69) is 25.2 Å². The summed E-state index contributed by atoms with van der Waals surface area (Å²) in [5, 5.41) is 21.3. The minimum Gasteiger partial charge on any atom is -0.395 e. The first-order valence-corrected chi connectivity index (χ1v) is 5.91. The Balaban J connectivity index is 2.60. The molecule has 0 bridgehead atoms. The fourth-order valence-electron chi connectivity index (χ4n) is 2.48. The zero-order valence-electron chi connectivity index (χ0n) is 9.79. The minimum atomic E-state index is -0.379. The fraction of sp³-hybridized carbons (Fsp3) is 0.917. The molecule has 1 fully saturated rings. The normalized spacial score (nSPS) is 31.5. The number of nitriles is 1. The highest BCUT2D eigenvalue weighted by Gasteiger charge is 2.36. The van der Waals surface area contributed by atoms with Crippen molar-refractivity contribution in [3.05, 3.63) is 0 Å². The molecule has 1 saturated carbocycles. The number of nitrogens with one attached hydrogen (secondary N) is 1. The molecular weight excluding hydrogens is 188 g/mol. The van der Waals surface area contributed by atoms with Crippen LogP contribution in [0, 0.1) is 23.2 Å². The molecule has 15 heavy (non-hydrogen) atoms. The monoisotopic (exact) mass is 210 g/mol. The largest absolute Gasteiger partial charge is 0.395 e. The lowest BCUT2D eigenvalue weighted by molar-refractivity contribution is 0.178. The topological polar surface area (TPSA) is 56.0 Å². The zero-order valence-corrected chi connectivity index (χ0v) is 9.79. The van der Waals surface area contributed by atoms with Crippen LogP contribution in [0.1, 0.15) is 39.5 Å². The summed E-state index contributed by atoms with van der Waals surface area (Å²) in [6, 6.07) is 2.41. The standard InChI is InChI=1S/C12H22N2O/c1-10(2)11-4-3-5-12(8-11,9-13)14-6-7-15/h10-11,14-15H,3-8H2,1-2H3. The van der Waals surface area contributed by atoms with E-state index < -0.39 is 0 Å². The van der Waals surface area contributed by atoms with Gasteiger partial charge in [0.1, 0.15) is 5.54 Å². The Bertz CT molecular complexity index is 234. The summed E-state index contributed by atoms with van der Waals surface area (Å²) in [6.45, 7) is 5.09. The molecule has 2 N–H and O–H groups in total. The smallest absolute Gasteiger partial charge is 0.107 e. The number of β-amino-alcohol motifs (C(OH)–C–C–N with tert-alkyl or cyclic N) is 1. The van der Waals surface area contributed by atoms with Crippen LogP contribution in [0.5, 0.6) is 0 Å². The Kier molecular flexibility index (Phi) is 4.56. The quantitative estimate of drug-likeness (QED) is 0.742. The first-order valence-electron chi connectivity index (χ1n) is 5.91. The van der Waals surface area contributed by atoms with Crippen LogP contribution in [0.3, 0.4) is 0 Å². The van der Waals surface area contributed by atoms with E-state index in [9.17, 15) is 5.26 Å². The molecule has 0 aromatic carbocycles. The van der Waals surface area contributed by atoms with Gasteiger partial charge in [-0.15, -0.1) is 0 Å². The third kappa shape index (κ3) is 3.19. The summed E-state index contributed by atoms with van der Waals surface area (Å²) in [6.07, 6.45) is 4.21. The van der Waals surface area contributed by atoms with Crippen LogP contribution in [-0.2, 0) is 0 Å². The Hall–Kier alpha value is -0.590. The van der Waals surface area contributed by atoms with Gasteiger partial charge in [-0.25, -0.2) is 0 Å². The summed E-state index contributed by atoms with van der Waals surface area (Å²) in [5.74, 6) is 1.29. The van der Waals surface area contributed by atoms with Crippen molar-refractivity contribution in [1.82, 2.24) is 5.32 Å². The van der Waals surface area contributed by atoms with E-state index in [1.807, 2.05) is 0 Å². The zero-order chi connectivity index (χ0) is 11.3. The predicted molar refractivity (Wildman–Crippen MR) is 60.2 cm³/mol. The van der Waals surface area contributed by atoms with Gasteiger partial charge in [-0.05, 0) is 31.1 Å². The molecule has 0 radical (unpaired) electrons. The SMILES string of the molecule is CC(C)C1CCCC(C#N)(NCCO)C1. The second-order valence-corrected chi connectivity index (χ2v) is 4.94. The summed E-state index contributed by atoms with van der Waals surface area (Å²) >= 11 is 0. The number of nitrogens with zero attached hydrogens (tertiary/aromatic N) is 1. The van der Waals surface area contributed by atoms with Crippen molar-refractivity contribution in [3.63, 3.8) is 0 Å². The molecule has 86 valence electrons. The molecule has 1 rings (SSSR count). The molecular formula is C12H22N2O. The lowest BCUT2D eigenvalue weighted by atomic mass is 9.72. The maximum absolute atomic E-state index is 9.27. The van der Waals surface area contributed by atoms with E-state index in [1.54, 1.807) is 0 Å². The molecule has 0 heterocycles. The average Bonchev–Trinajstić information content (AvgIpc) is 2.26. The van der Waals surface area contributed by atoms with Crippen LogP contribution in [0.15, 0.2) is 0 Å². The van der Waals surface area contributed by atoms with E-state index in [0.29, 0.717) is 18.4 Å². The van der Waals surface area contributed by atoms with Gasteiger partial charge >= 0.3 is 0 Å². The van der Waals surface area contributed by atoms with Crippen molar-refractivity contribution in [2.24, 2.45) is 11.8 Å². The van der Waals surface area contributed by atoms with Gasteiger partial charge in [0.2, 0.25) is 0 Å². The highest BCUT2D eigenvalue weighted by Crippen LogP contribution is 2.35. The Labute approximate surface area is 92.5 Å². The van der Waals surface area contributed by atoms with Crippen LogP contribution >= 0.6 is 0 Å². The van der Waals surface area contributed by atoms with E-state index >= 15 is 0 Å². The van der Waals surface area contributed by atoms with Crippen LogP contribution < -0.4 is 5.32 Å². The summed E-state index contributed by atoms with van der Waals surface area (Å²) < 4.78 is 0. The van der Waals surface area contributed by atoms with Crippen molar-refractivity contribution in [2.45, 2.75) is 45.1 Å². The summed E-state index contributed by atoms with van der Waals surface area (Å²) in [5.41, 5.74) is -0.379. The fourth-order valence-corrected chi connectivity index (χ4v) is 2.48. The third-order valence-electron chi connectivity index (χ3n) is 3.52. The number of rotatable bonds is 4. The average molecular weight is 210 g/mol. The van der Waals surface area contributed by atoms with Gasteiger partial charge in [-0.1, -0.05) is 20.3 Å². The maximum Gasteiger partial charge on any atom is 0.107 e. The Morgan fingerprint density at radius 1 is 1.60 bits per heavy atom. The Morgan fingerprint density at radius 2 is 2.33 bits per heavy atom. The van der Waals surface area contributed by atoms with E-state index in [0.717, 1.165) is 19.3 Å². The van der Waals surface area contributed by atoms with Crippen molar-refractivity contribution in [1.29, 1.82) is 5.26 Å². The lowest BCUT2D eigenvalue weighted by Gasteiger charge is -2.38. The molecule has 0 aromatic rings. The van der Waals surface area contributed by atoms with E-state index in [-0.39, 0.29) is 12.1 Å². The highest BCUT2D eigenvalue weighted by molar-refractivity contribution is 5.09. The molecule has 3 heteroatoms. The molecule has 1 aliphatic rings. The molecule has 1 aliphatic carbocycles. The number of hydrogen-bond acceptors (Lipinski definition) is 3. The molecule has 0 spiro atoms. The van der Waals surface area contributed by atoms with Gasteiger partial charge < -0.3 is 5.11 Å². The lowest BCUT2D eigenvalue weighted by Crippen LogP contribution is -2.49. The van der Waals surface area contributed by atoms with Gasteiger partial charge in [0, 0.05) is 6.54 Å². The molecule has 0 amide bonds. The first-order chi connectivity index (χ1) is 7.13. The van der Waals surface area contributed by atoms with Crippen molar-refractivity contribution >= 4 is 0 Å². The summed E-state index contributed by atoms with van der Waals surface area (Å²) in [7, 11) is 0. The van der Waals surface area contributed by atoms with Crippen molar-refractivity contribution in [3.8, 4) is 6.07 Å². The van der Waals surface area contributed by atoms with Crippen LogP contribution in [0.25, 0.3) is 0 Å². The maximum atomic E-state index is 9.27. The number of aliphatic hydroxyl groups is 1. The van der Waals surface area contributed by atoms with Crippen LogP contribution in [0.4, 0.5) is 0 Å². The molecule has 0 aromatic heterocycles. The third-order valence-corrected chi connectivity index (χ3v) is 3.52. The van der Waals surface area contributed by atoms with Gasteiger partial charge in [-0.2, -0.15) is 5.26 Å². The number of aliphatic hydroxyl groups excluding tert-OH is 1. The van der Waals surface area contributed by atoms with Crippen LogP contribution in [0.2, 0.25) is 0 Å². The molecule has 3 nitrogen and oxygen atoms in total. The molecule has 2 unspecified atom stereocenters. The summed E-state index contributed by atoms with van der Waals surface area (Å²) in [4.78, 5) is 0. The second-order valence-electron chi connectivity index (χ2n) is 4.94. The first kappa shape index (κ1) is 12.5. The van der Waals surface area contributed by atoms with Crippen molar-refractivity contribution < 1.29 is 5.11 Å². The molecule has 0 saturated heterocycles. The second kappa shape index (κ2) is 5.48. The highest BCUT2D eigenvalue weighted by atomic mass is 16.3. The van der Waals surface area contributed by atoms with E-state index in [4.69, 9.17) is 5.11 Å². The van der Waals surface area contributed by atoms with Gasteiger partial charge in [0.25, 0.3) is 0 Å². The minimum absolute atomic E-state index is 0.107. The Morgan fingerprint density at radius 3 is 2.87 bits per heavy atom. The van der Waals surface area contributed by atoms with Crippen LogP contribution in [-0.4, -0.2) is 23.8 Å². The van der Waals surface area contributed by atoms with Gasteiger partial charge in [0.15, 0.2) is 0 Å². The van der Waals surface area contributed by atoms with Gasteiger partial charge in [0.05, 0.1) is 12.7 Å². The molecule has 0 aliphatic heterocycles. The van der Waals surface area contributed by atoms with Gasteiger partial charge in [-0.3, -0.25) is 5.32 Å². The van der Waals surface area contributed by atoms with E-state index in [1.165, 1.54) is 6.42 Å². The predicted octanol–water partition coefficient (Wildman–Crippen LogP) is 1.68. The number of hydrogen-bond donors (Lipinski definition) is 2. The van der Waals surface area contributed by atoms with Crippen molar-refractivity contribution in [2.75, 3.05) is 13.2 Å².